The van der Waals surface area contributed by atoms with E-state index >= 15 is 0 Å². The molecule has 0 amide bonds. The minimum atomic E-state index is -0.234. The first-order chi connectivity index (χ1) is 8.79. The predicted octanol–water partition coefficient (Wildman–Crippen LogP) is 3.97. The molecule has 18 heavy (non-hydrogen) atoms. The van der Waals surface area contributed by atoms with Gasteiger partial charge in [-0.3, -0.25) is 0 Å². The Morgan fingerprint density at radius 2 is 2.17 bits per heavy atom. The number of furan rings is 1. The van der Waals surface area contributed by atoms with Crippen molar-refractivity contribution in [1.29, 1.82) is 0 Å². The fraction of sp³-hybridized carbons (Fsp3) is 0.333. The van der Waals surface area contributed by atoms with Crippen molar-refractivity contribution < 1.29 is 8.81 Å². The van der Waals surface area contributed by atoms with Gasteiger partial charge in [-0.2, -0.15) is 0 Å². The SMILES string of the molecule is CCCNCC/C=C/c1cc2cc(F)ccc2o1. The third-order valence-corrected chi connectivity index (χ3v) is 2.69. The van der Waals surface area contributed by atoms with E-state index in [-0.39, 0.29) is 5.82 Å². The van der Waals surface area contributed by atoms with Gasteiger partial charge in [0.25, 0.3) is 0 Å². The van der Waals surface area contributed by atoms with Crippen LogP contribution in [0.25, 0.3) is 17.0 Å². The van der Waals surface area contributed by atoms with Crippen LogP contribution in [0.2, 0.25) is 0 Å². The van der Waals surface area contributed by atoms with Gasteiger partial charge in [0.2, 0.25) is 0 Å². The number of hydrogen-bond donors (Lipinski definition) is 1. The lowest BCUT2D eigenvalue weighted by molar-refractivity contribution is 0.600. The maximum atomic E-state index is 13.0. The lowest BCUT2D eigenvalue weighted by Gasteiger charge is -1.97. The van der Waals surface area contributed by atoms with E-state index in [1.54, 1.807) is 6.07 Å². The fourth-order valence-electron chi connectivity index (χ4n) is 1.80. The summed E-state index contributed by atoms with van der Waals surface area (Å²) < 4.78 is 18.6. The van der Waals surface area contributed by atoms with Crippen molar-refractivity contribution in [3.05, 3.63) is 41.9 Å². The summed E-state index contributed by atoms with van der Waals surface area (Å²) in [6.07, 6.45) is 6.12. The molecule has 0 aliphatic rings. The molecule has 3 heteroatoms. The molecule has 0 aliphatic heterocycles. The van der Waals surface area contributed by atoms with Crippen LogP contribution >= 0.6 is 0 Å². The third-order valence-electron chi connectivity index (χ3n) is 2.69. The van der Waals surface area contributed by atoms with Gasteiger partial charge in [0.05, 0.1) is 0 Å². The highest BCUT2D eigenvalue weighted by Gasteiger charge is 2.01. The Balaban J connectivity index is 1.93. The molecule has 0 fully saturated rings. The van der Waals surface area contributed by atoms with Gasteiger partial charge in [-0.25, -0.2) is 4.39 Å². The van der Waals surface area contributed by atoms with Crippen LogP contribution in [0.3, 0.4) is 0 Å². The van der Waals surface area contributed by atoms with Crippen LogP contribution < -0.4 is 5.32 Å². The number of benzene rings is 1. The summed E-state index contributed by atoms with van der Waals surface area (Å²) in [7, 11) is 0. The molecule has 2 aromatic rings. The van der Waals surface area contributed by atoms with Crippen molar-refractivity contribution >= 4 is 17.0 Å². The van der Waals surface area contributed by atoms with E-state index in [4.69, 9.17) is 4.42 Å². The van der Waals surface area contributed by atoms with Gasteiger partial charge in [-0.05, 0) is 56.3 Å². The smallest absolute Gasteiger partial charge is 0.134 e. The molecule has 0 spiro atoms. The van der Waals surface area contributed by atoms with E-state index in [1.165, 1.54) is 12.1 Å². The van der Waals surface area contributed by atoms with Gasteiger partial charge in [-0.1, -0.05) is 13.0 Å². The lowest BCUT2D eigenvalue weighted by Crippen LogP contribution is -2.14. The van der Waals surface area contributed by atoms with Crippen LogP contribution in [0.4, 0.5) is 4.39 Å². The van der Waals surface area contributed by atoms with E-state index in [1.807, 2.05) is 12.1 Å². The average Bonchev–Trinajstić information content (AvgIpc) is 2.75. The van der Waals surface area contributed by atoms with Crippen LogP contribution in [-0.4, -0.2) is 13.1 Å². The van der Waals surface area contributed by atoms with E-state index in [2.05, 4.69) is 18.3 Å². The Bertz CT molecular complexity index is 530. The van der Waals surface area contributed by atoms with Crippen molar-refractivity contribution in [2.24, 2.45) is 0 Å². The second kappa shape index (κ2) is 6.36. The minimum Gasteiger partial charge on any atom is -0.457 e. The summed E-state index contributed by atoms with van der Waals surface area (Å²) in [6, 6.07) is 6.41. The highest BCUT2D eigenvalue weighted by molar-refractivity contribution is 5.79. The molecule has 1 aromatic heterocycles. The monoisotopic (exact) mass is 247 g/mol. The molecule has 0 bridgehead atoms. The summed E-state index contributed by atoms with van der Waals surface area (Å²) in [4.78, 5) is 0. The zero-order chi connectivity index (χ0) is 12.8. The Morgan fingerprint density at radius 1 is 1.28 bits per heavy atom. The molecule has 1 heterocycles. The van der Waals surface area contributed by atoms with Gasteiger partial charge in [0, 0.05) is 5.39 Å². The maximum absolute atomic E-state index is 13.0. The molecule has 1 N–H and O–H groups in total. The van der Waals surface area contributed by atoms with Gasteiger partial charge in [0.15, 0.2) is 0 Å². The Hall–Kier alpha value is -1.61. The molecule has 2 rings (SSSR count). The number of rotatable bonds is 6. The zero-order valence-corrected chi connectivity index (χ0v) is 10.6. The molecule has 96 valence electrons. The molecule has 0 saturated carbocycles. The summed E-state index contributed by atoms with van der Waals surface area (Å²) in [5.74, 6) is 0.536. The molecule has 0 saturated heterocycles. The van der Waals surface area contributed by atoms with Gasteiger partial charge >= 0.3 is 0 Å². The predicted molar refractivity (Wildman–Crippen MR) is 73.0 cm³/mol. The summed E-state index contributed by atoms with van der Waals surface area (Å²) in [5.41, 5.74) is 0.722. The minimum absolute atomic E-state index is 0.234. The van der Waals surface area contributed by atoms with E-state index in [0.29, 0.717) is 0 Å². The first kappa shape index (κ1) is 12.8. The standard InChI is InChI=1S/C15H18FNO/c1-2-8-17-9-4-3-5-14-11-12-10-13(16)6-7-15(12)18-14/h3,5-7,10-11,17H,2,4,8-9H2,1H3/b5-3+. The van der Waals surface area contributed by atoms with Crippen LogP contribution in [-0.2, 0) is 0 Å². The Labute approximate surface area is 106 Å². The van der Waals surface area contributed by atoms with Gasteiger partial charge in [0.1, 0.15) is 17.2 Å². The molecule has 0 radical (unpaired) electrons. The second-order valence-corrected chi connectivity index (χ2v) is 4.27. The molecule has 1 aromatic carbocycles. The normalized spacial score (nSPS) is 11.7. The molecule has 0 unspecified atom stereocenters. The second-order valence-electron chi connectivity index (χ2n) is 4.27. The maximum Gasteiger partial charge on any atom is 0.134 e. The average molecular weight is 247 g/mol. The molecule has 0 aliphatic carbocycles. The van der Waals surface area contributed by atoms with Crippen LogP contribution in [0.1, 0.15) is 25.5 Å². The number of fused-ring (bicyclic) bond motifs is 1. The molecule has 2 nitrogen and oxygen atoms in total. The van der Waals surface area contributed by atoms with E-state index in [9.17, 15) is 4.39 Å². The van der Waals surface area contributed by atoms with Crippen LogP contribution in [0, 0.1) is 5.82 Å². The van der Waals surface area contributed by atoms with Crippen molar-refractivity contribution in [1.82, 2.24) is 5.32 Å². The molecular weight excluding hydrogens is 229 g/mol. The van der Waals surface area contributed by atoms with Crippen molar-refractivity contribution in [3.63, 3.8) is 0 Å². The molecule has 0 atom stereocenters. The highest BCUT2D eigenvalue weighted by atomic mass is 19.1. The molecular formula is C15H18FNO. The largest absolute Gasteiger partial charge is 0.457 e. The summed E-state index contributed by atoms with van der Waals surface area (Å²) in [5, 5.41) is 4.13. The van der Waals surface area contributed by atoms with Crippen molar-refractivity contribution in [3.8, 4) is 0 Å². The van der Waals surface area contributed by atoms with Crippen molar-refractivity contribution in [2.45, 2.75) is 19.8 Å². The Kier molecular flexibility index (Phi) is 4.53. The zero-order valence-electron chi connectivity index (χ0n) is 10.6. The number of hydrogen-bond acceptors (Lipinski definition) is 2. The highest BCUT2D eigenvalue weighted by Crippen LogP contribution is 2.21. The van der Waals surface area contributed by atoms with Crippen LogP contribution in [0.5, 0.6) is 0 Å². The first-order valence-electron chi connectivity index (χ1n) is 6.36. The first-order valence-corrected chi connectivity index (χ1v) is 6.36. The topological polar surface area (TPSA) is 25.2 Å². The Morgan fingerprint density at radius 3 is 3.00 bits per heavy atom. The van der Waals surface area contributed by atoms with Crippen molar-refractivity contribution in [2.75, 3.05) is 13.1 Å². The van der Waals surface area contributed by atoms with Crippen LogP contribution in [0.15, 0.2) is 34.8 Å². The van der Waals surface area contributed by atoms with E-state index < -0.39 is 0 Å². The number of halogens is 1. The van der Waals surface area contributed by atoms with Gasteiger partial charge in [-0.15, -0.1) is 0 Å². The third kappa shape index (κ3) is 3.44. The van der Waals surface area contributed by atoms with E-state index in [0.717, 1.165) is 42.7 Å². The van der Waals surface area contributed by atoms with Gasteiger partial charge < -0.3 is 9.73 Å². The summed E-state index contributed by atoms with van der Waals surface area (Å²) in [6.45, 7) is 4.17. The number of nitrogens with one attached hydrogen (secondary N) is 1. The quantitative estimate of drug-likeness (QED) is 0.781. The fourth-order valence-corrected chi connectivity index (χ4v) is 1.80. The lowest BCUT2D eigenvalue weighted by atomic mass is 10.2. The summed E-state index contributed by atoms with van der Waals surface area (Å²) >= 11 is 0.